The molecule has 0 bridgehead atoms. The molecule has 3 nitrogen and oxygen atoms in total. The molecule has 4 heteroatoms. The van der Waals surface area contributed by atoms with Gasteiger partial charge in [0.2, 0.25) is 0 Å². The van der Waals surface area contributed by atoms with Crippen LogP contribution < -0.4 is 0 Å². The van der Waals surface area contributed by atoms with Gasteiger partial charge in [0.15, 0.2) is 5.78 Å². The summed E-state index contributed by atoms with van der Waals surface area (Å²) < 4.78 is 0.350. The molecule has 0 aromatic heterocycles. The van der Waals surface area contributed by atoms with Crippen LogP contribution in [0.4, 0.5) is 0 Å². The predicted octanol–water partition coefficient (Wildman–Crippen LogP) is 2.23. The number of Topliss-reactive ketones (excluding diaryl/α,β-unsaturated/α-hetero) is 1. The van der Waals surface area contributed by atoms with Crippen molar-refractivity contribution in [2.75, 3.05) is 0 Å². The quantitative estimate of drug-likeness (QED) is 0.765. The summed E-state index contributed by atoms with van der Waals surface area (Å²) in [5, 5.41) is 18.0. The number of ketones is 1. The van der Waals surface area contributed by atoms with E-state index >= 15 is 0 Å². The Balaban J connectivity index is 3.50. The number of carbonyl (C=O) groups excluding carboxylic acids is 1. The van der Waals surface area contributed by atoms with Crippen LogP contribution >= 0.6 is 15.9 Å². The normalized spacial score (nSPS) is 9.31. The van der Waals surface area contributed by atoms with Crippen LogP contribution in [0.5, 0.6) is 5.75 Å². The average Bonchev–Trinajstić information content (AvgIpc) is 2.04. The molecule has 1 N–H and O–H groups in total. The van der Waals surface area contributed by atoms with Crippen molar-refractivity contribution in [2.24, 2.45) is 0 Å². The number of hydrogen-bond acceptors (Lipinski definition) is 3. The maximum atomic E-state index is 11.1. The fourth-order valence-electron chi connectivity index (χ4n) is 0.987. The van der Waals surface area contributed by atoms with Gasteiger partial charge < -0.3 is 5.11 Å². The molecule has 0 spiro atoms. The molecule has 13 heavy (non-hydrogen) atoms. The molecule has 0 heterocycles. The molecule has 0 aliphatic carbocycles. The third kappa shape index (κ3) is 1.70. The Hall–Kier alpha value is -1.34. The minimum atomic E-state index is -0.276. The van der Waals surface area contributed by atoms with Crippen LogP contribution in [0.25, 0.3) is 0 Å². The Morgan fingerprint density at radius 1 is 1.62 bits per heavy atom. The van der Waals surface area contributed by atoms with Crippen molar-refractivity contribution in [3.8, 4) is 11.8 Å². The van der Waals surface area contributed by atoms with Crippen LogP contribution in [0.2, 0.25) is 0 Å². The second-order valence-electron chi connectivity index (χ2n) is 2.49. The lowest BCUT2D eigenvalue weighted by Gasteiger charge is -2.04. The van der Waals surface area contributed by atoms with E-state index in [-0.39, 0.29) is 17.1 Å². The van der Waals surface area contributed by atoms with E-state index in [2.05, 4.69) is 15.9 Å². The number of rotatable bonds is 1. The fraction of sp³-hybridized carbons (Fsp3) is 0.111. The smallest absolute Gasteiger partial charge is 0.164 e. The number of nitrogens with zero attached hydrogens (tertiary/aromatic N) is 1. The summed E-state index contributed by atoms with van der Waals surface area (Å²) in [5.74, 6) is -0.389. The molecule has 66 valence electrons. The van der Waals surface area contributed by atoms with Gasteiger partial charge in [-0.25, -0.2) is 0 Å². The zero-order chi connectivity index (χ0) is 10.0. The van der Waals surface area contributed by atoms with Gasteiger partial charge in [-0.3, -0.25) is 4.79 Å². The van der Waals surface area contributed by atoms with E-state index in [4.69, 9.17) is 5.26 Å². The summed E-state index contributed by atoms with van der Waals surface area (Å²) in [6, 6.07) is 4.69. The number of phenolic OH excluding ortho intramolecular Hbond substituents is 1. The van der Waals surface area contributed by atoms with Crippen LogP contribution in [0.15, 0.2) is 16.6 Å². The van der Waals surface area contributed by atoms with Crippen LogP contribution in [-0.4, -0.2) is 10.9 Å². The van der Waals surface area contributed by atoms with Crippen molar-refractivity contribution in [2.45, 2.75) is 6.92 Å². The zero-order valence-electron chi connectivity index (χ0n) is 6.84. The Labute approximate surface area is 83.7 Å². The molecule has 0 aliphatic rings. The maximum absolute atomic E-state index is 11.1. The first-order chi connectivity index (χ1) is 6.07. The van der Waals surface area contributed by atoms with Crippen molar-refractivity contribution < 1.29 is 9.90 Å². The van der Waals surface area contributed by atoms with Crippen molar-refractivity contribution in [3.05, 3.63) is 27.7 Å². The van der Waals surface area contributed by atoms with E-state index in [9.17, 15) is 9.90 Å². The van der Waals surface area contributed by atoms with Crippen molar-refractivity contribution in [1.82, 2.24) is 0 Å². The number of aromatic hydroxyl groups is 1. The lowest BCUT2D eigenvalue weighted by molar-refractivity contribution is 0.101. The minimum Gasteiger partial charge on any atom is -0.507 e. The zero-order valence-corrected chi connectivity index (χ0v) is 8.42. The van der Waals surface area contributed by atoms with Crippen LogP contribution in [0.1, 0.15) is 22.8 Å². The number of carbonyl (C=O) groups is 1. The van der Waals surface area contributed by atoms with Crippen LogP contribution in [0, 0.1) is 11.3 Å². The van der Waals surface area contributed by atoms with Crippen molar-refractivity contribution in [1.29, 1.82) is 5.26 Å². The van der Waals surface area contributed by atoms with Gasteiger partial charge in [0.1, 0.15) is 11.8 Å². The van der Waals surface area contributed by atoms with Gasteiger partial charge in [-0.2, -0.15) is 5.26 Å². The van der Waals surface area contributed by atoms with E-state index in [1.54, 1.807) is 0 Å². The molecule has 1 aromatic carbocycles. The van der Waals surface area contributed by atoms with E-state index in [0.717, 1.165) is 0 Å². The molecule has 0 fully saturated rings. The van der Waals surface area contributed by atoms with Crippen molar-refractivity contribution >= 4 is 21.7 Å². The third-order valence-corrected chi connectivity index (χ3v) is 2.42. The van der Waals surface area contributed by atoms with E-state index in [1.165, 1.54) is 19.1 Å². The van der Waals surface area contributed by atoms with E-state index < -0.39 is 0 Å². The highest BCUT2D eigenvalue weighted by atomic mass is 79.9. The Bertz CT molecular complexity index is 407. The first-order valence-corrected chi connectivity index (χ1v) is 4.29. The Kier molecular flexibility index (Phi) is 2.69. The molecular formula is C9H6BrNO2. The highest BCUT2D eigenvalue weighted by Gasteiger charge is 2.14. The van der Waals surface area contributed by atoms with Gasteiger partial charge in [0.25, 0.3) is 0 Å². The summed E-state index contributed by atoms with van der Waals surface area (Å²) in [6.45, 7) is 1.33. The van der Waals surface area contributed by atoms with E-state index in [0.29, 0.717) is 10.0 Å². The lowest BCUT2D eigenvalue weighted by atomic mass is 10.1. The lowest BCUT2D eigenvalue weighted by Crippen LogP contribution is -1.96. The van der Waals surface area contributed by atoms with Crippen molar-refractivity contribution in [3.63, 3.8) is 0 Å². The molecule has 0 saturated carbocycles. The number of nitriles is 1. The first kappa shape index (κ1) is 9.75. The third-order valence-electron chi connectivity index (χ3n) is 1.59. The summed E-state index contributed by atoms with van der Waals surface area (Å²) in [5.41, 5.74) is 0.488. The maximum Gasteiger partial charge on any atom is 0.164 e. The van der Waals surface area contributed by atoms with Gasteiger partial charge in [-0.05, 0) is 35.0 Å². The number of halogens is 1. The topological polar surface area (TPSA) is 61.1 Å². The van der Waals surface area contributed by atoms with Crippen LogP contribution in [-0.2, 0) is 0 Å². The predicted molar refractivity (Wildman–Crippen MR) is 50.5 cm³/mol. The van der Waals surface area contributed by atoms with E-state index in [1.807, 2.05) is 6.07 Å². The highest BCUT2D eigenvalue weighted by Crippen LogP contribution is 2.29. The summed E-state index contributed by atoms with van der Waals surface area (Å²) >= 11 is 3.09. The molecule has 0 amide bonds. The van der Waals surface area contributed by atoms with Gasteiger partial charge in [0.05, 0.1) is 11.1 Å². The average molecular weight is 240 g/mol. The monoisotopic (exact) mass is 239 g/mol. The molecule has 1 aromatic rings. The second-order valence-corrected chi connectivity index (χ2v) is 3.28. The molecule has 0 aliphatic heterocycles. The van der Waals surface area contributed by atoms with Crippen LogP contribution in [0.3, 0.4) is 0 Å². The largest absolute Gasteiger partial charge is 0.507 e. The Morgan fingerprint density at radius 3 is 2.69 bits per heavy atom. The second kappa shape index (κ2) is 3.58. The molecule has 0 atom stereocenters. The number of benzene rings is 1. The summed E-state index contributed by atoms with van der Waals surface area (Å²) in [7, 11) is 0. The SMILES string of the molecule is CC(=O)c1c(O)ccc(C#N)c1Br. The van der Waals surface area contributed by atoms with Gasteiger partial charge in [-0.1, -0.05) is 0 Å². The summed E-state index contributed by atoms with van der Waals surface area (Å²) in [4.78, 5) is 11.1. The number of hydrogen-bond donors (Lipinski definition) is 1. The molecule has 0 saturated heterocycles. The molecule has 1 rings (SSSR count). The number of phenols is 1. The standard InChI is InChI=1S/C9H6BrNO2/c1-5(12)8-7(13)3-2-6(4-11)9(8)10/h2-3,13H,1H3. The fourth-order valence-corrected chi connectivity index (χ4v) is 1.69. The summed E-state index contributed by atoms with van der Waals surface area (Å²) in [6.07, 6.45) is 0. The van der Waals surface area contributed by atoms with Gasteiger partial charge >= 0.3 is 0 Å². The highest BCUT2D eigenvalue weighted by molar-refractivity contribution is 9.10. The van der Waals surface area contributed by atoms with Gasteiger partial charge in [-0.15, -0.1) is 0 Å². The molecular weight excluding hydrogens is 234 g/mol. The molecule has 0 unspecified atom stereocenters. The van der Waals surface area contributed by atoms with Gasteiger partial charge in [0, 0.05) is 4.47 Å². The molecule has 0 radical (unpaired) electrons. The minimum absolute atomic E-state index is 0.113. The first-order valence-electron chi connectivity index (χ1n) is 3.50. The Morgan fingerprint density at radius 2 is 2.23 bits per heavy atom.